The number of benzene rings is 2. The Kier molecular flexibility index (Phi) is 4.16. The predicted molar refractivity (Wildman–Crippen MR) is 90.1 cm³/mol. The van der Waals surface area contributed by atoms with E-state index in [0.717, 1.165) is 16.4 Å². The molecular formula is C16H13BrFNO3S. The number of hydrogen-bond acceptors (Lipinski definition) is 4. The first-order valence-electron chi connectivity index (χ1n) is 6.71. The lowest BCUT2D eigenvalue weighted by atomic mass is 10.1. The first-order chi connectivity index (χ1) is 10.9. The molecule has 0 saturated carbocycles. The molecule has 0 atom stereocenters. The number of nitrogens with zero attached hydrogens (tertiary/aromatic N) is 1. The van der Waals surface area contributed by atoms with Gasteiger partial charge in [0.15, 0.2) is 16.6 Å². The Morgan fingerprint density at radius 3 is 2.48 bits per heavy atom. The molecule has 1 aliphatic heterocycles. The molecule has 2 aromatic carbocycles. The van der Waals surface area contributed by atoms with Crippen molar-refractivity contribution in [2.75, 3.05) is 17.9 Å². The van der Waals surface area contributed by atoms with Crippen LogP contribution in [0.25, 0.3) is 5.70 Å². The zero-order valence-electron chi connectivity index (χ0n) is 12.2. The van der Waals surface area contributed by atoms with Gasteiger partial charge in [0.25, 0.3) is 0 Å². The van der Waals surface area contributed by atoms with Gasteiger partial charge in [-0.15, -0.1) is 0 Å². The highest BCUT2D eigenvalue weighted by molar-refractivity contribution is 9.10. The van der Waals surface area contributed by atoms with Gasteiger partial charge >= 0.3 is 0 Å². The van der Waals surface area contributed by atoms with Crippen LogP contribution in [0, 0.1) is 5.82 Å². The largest absolute Gasteiger partial charge is 0.478 e. The minimum atomic E-state index is -3.59. The lowest BCUT2D eigenvalue weighted by Crippen LogP contribution is -2.18. The molecule has 0 bridgehead atoms. The second-order valence-electron chi connectivity index (χ2n) is 5.12. The molecule has 23 heavy (non-hydrogen) atoms. The summed E-state index contributed by atoms with van der Waals surface area (Å²) < 4.78 is 43.4. The molecule has 0 amide bonds. The highest BCUT2D eigenvalue weighted by Gasteiger charge is 2.22. The third-order valence-corrected chi connectivity index (χ3v) is 5.11. The number of ether oxygens (including phenoxy) is 1. The number of halogens is 2. The zero-order chi connectivity index (χ0) is 16.6. The normalized spacial score (nSPS) is 14.6. The maximum Gasteiger partial charge on any atom is 0.178 e. The quantitative estimate of drug-likeness (QED) is 0.790. The molecule has 0 spiro atoms. The number of hydrogen-bond donors (Lipinski definition) is 0. The molecule has 0 aromatic heterocycles. The molecule has 3 rings (SSSR count). The van der Waals surface area contributed by atoms with Crippen molar-refractivity contribution < 1.29 is 17.5 Å². The first kappa shape index (κ1) is 16.0. The van der Waals surface area contributed by atoms with Gasteiger partial charge in [0.2, 0.25) is 0 Å². The summed E-state index contributed by atoms with van der Waals surface area (Å²) in [5.41, 5.74) is 2.12. The minimum absolute atomic E-state index is 0.309. The standard InChI is InChI=1S/C16H13BrFNO3S/c1-23(20,21)16-7-2-11(8-14(16)18)15-9-22-10-19(15)13-5-3-12(17)4-6-13/h2-9H,10H2,1H3. The summed E-state index contributed by atoms with van der Waals surface area (Å²) in [4.78, 5) is 1.57. The van der Waals surface area contributed by atoms with Crippen molar-refractivity contribution in [3.8, 4) is 0 Å². The Morgan fingerprint density at radius 1 is 1.17 bits per heavy atom. The van der Waals surface area contributed by atoms with E-state index in [2.05, 4.69) is 15.9 Å². The molecule has 2 aromatic rings. The van der Waals surface area contributed by atoms with Gasteiger partial charge in [-0.05, 0) is 36.4 Å². The first-order valence-corrected chi connectivity index (χ1v) is 9.39. The van der Waals surface area contributed by atoms with Gasteiger partial charge in [-0.25, -0.2) is 12.8 Å². The van der Waals surface area contributed by atoms with E-state index in [0.29, 0.717) is 18.0 Å². The highest BCUT2D eigenvalue weighted by Crippen LogP contribution is 2.32. The molecule has 0 radical (unpaired) electrons. The van der Waals surface area contributed by atoms with Gasteiger partial charge in [0.1, 0.15) is 17.0 Å². The second-order valence-corrected chi connectivity index (χ2v) is 8.02. The third kappa shape index (κ3) is 3.25. The highest BCUT2D eigenvalue weighted by atomic mass is 79.9. The number of sulfone groups is 1. The monoisotopic (exact) mass is 397 g/mol. The van der Waals surface area contributed by atoms with Gasteiger partial charge in [-0.2, -0.15) is 0 Å². The van der Waals surface area contributed by atoms with Crippen molar-refractivity contribution in [1.29, 1.82) is 0 Å². The average Bonchev–Trinajstić information content (AvgIpc) is 2.96. The maximum atomic E-state index is 14.1. The van der Waals surface area contributed by atoms with Gasteiger partial charge in [0, 0.05) is 22.0 Å². The topological polar surface area (TPSA) is 46.6 Å². The van der Waals surface area contributed by atoms with E-state index in [1.165, 1.54) is 18.4 Å². The van der Waals surface area contributed by atoms with Crippen LogP contribution in [0.5, 0.6) is 0 Å². The van der Waals surface area contributed by atoms with Crippen LogP contribution >= 0.6 is 15.9 Å². The van der Waals surface area contributed by atoms with E-state index < -0.39 is 15.7 Å². The number of rotatable bonds is 3. The SMILES string of the molecule is CS(=O)(=O)c1ccc(C2=COCN2c2ccc(Br)cc2)cc1F. The summed E-state index contributed by atoms with van der Waals surface area (Å²) in [6.07, 6.45) is 2.52. The van der Waals surface area contributed by atoms with Gasteiger partial charge in [-0.3, -0.25) is 0 Å². The fourth-order valence-electron chi connectivity index (χ4n) is 2.34. The van der Waals surface area contributed by atoms with E-state index in [4.69, 9.17) is 4.74 Å². The predicted octanol–water partition coefficient (Wildman–Crippen LogP) is 3.78. The van der Waals surface area contributed by atoms with Crippen LogP contribution in [-0.4, -0.2) is 21.4 Å². The molecule has 0 saturated heterocycles. The van der Waals surface area contributed by atoms with E-state index in [-0.39, 0.29) is 4.90 Å². The van der Waals surface area contributed by atoms with E-state index in [1.807, 2.05) is 29.2 Å². The molecule has 0 N–H and O–H groups in total. The Labute approximate surface area is 142 Å². The van der Waals surface area contributed by atoms with Crippen LogP contribution in [-0.2, 0) is 14.6 Å². The van der Waals surface area contributed by atoms with Crippen LogP contribution in [0.2, 0.25) is 0 Å². The van der Waals surface area contributed by atoms with Gasteiger partial charge in [-0.1, -0.05) is 22.0 Å². The molecule has 1 aliphatic rings. The lowest BCUT2D eigenvalue weighted by molar-refractivity contribution is 0.282. The molecule has 120 valence electrons. The van der Waals surface area contributed by atoms with E-state index in [1.54, 1.807) is 6.07 Å². The van der Waals surface area contributed by atoms with Crippen molar-refractivity contribution in [3.63, 3.8) is 0 Å². The molecule has 4 nitrogen and oxygen atoms in total. The number of anilines is 1. The van der Waals surface area contributed by atoms with E-state index in [9.17, 15) is 12.8 Å². The summed E-state index contributed by atoms with van der Waals surface area (Å²) >= 11 is 3.38. The summed E-state index contributed by atoms with van der Waals surface area (Å²) in [6.45, 7) is 0.312. The van der Waals surface area contributed by atoms with Crippen molar-refractivity contribution in [2.24, 2.45) is 0 Å². The Hall–Kier alpha value is -1.86. The fourth-order valence-corrected chi connectivity index (χ4v) is 3.34. The molecule has 1 heterocycles. The van der Waals surface area contributed by atoms with Crippen LogP contribution in [0.1, 0.15) is 5.56 Å². The third-order valence-electron chi connectivity index (χ3n) is 3.45. The molecule has 7 heteroatoms. The summed E-state index contributed by atoms with van der Waals surface area (Å²) in [6, 6.07) is 11.7. The Bertz CT molecular complexity index is 879. The van der Waals surface area contributed by atoms with Crippen LogP contribution in [0.15, 0.2) is 58.1 Å². The minimum Gasteiger partial charge on any atom is -0.478 e. The molecule has 0 fully saturated rings. The fraction of sp³-hybridized carbons (Fsp3) is 0.125. The van der Waals surface area contributed by atoms with Crippen LogP contribution < -0.4 is 4.90 Å². The lowest BCUT2D eigenvalue weighted by Gasteiger charge is -2.20. The van der Waals surface area contributed by atoms with Gasteiger partial charge in [0.05, 0.1) is 5.70 Å². The molecule has 0 aliphatic carbocycles. The maximum absolute atomic E-state index is 14.1. The van der Waals surface area contributed by atoms with Gasteiger partial charge < -0.3 is 9.64 Å². The van der Waals surface area contributed by atoms with Crippen LogP contribution in [0.3, 0.4) is 0 Å². The van der Waals surface area contributed by atoms with Crippen LogP contribution in [0.4, 0.5) is 10.1 Å². The van der Waals surface area contributed by atoms with Crippen molar-refractivity contribution in [1.82, 2.24) is 0 Å². The average molecular weight is 398 g/mol. The smallest absolute Gasteiger partial charge is 0.178 e. The Balaban J connectivity index is 1.97. The second kappa shape index (κ2) is 5.98. The zero-order valence-corrected chi connectivity index (χ0v) is 14.6. The molecule has 0 unspecified atom stereocenters. The van der Waals surface area contributed by atoms with E-state index >= 15 is 0 Å². The van der Waals surface area contributed by atoms with Crippen molar-refractivity contribution in [3.05, 3.63) is 64.6 Å². The summed E-state index contributed by atoms with van der Waals surface area (Å²) in [5, 5.41) is 0. The summed E-state index contributed by atoms with van der Waals surface area (Å²) in [7, 11) is -3.59. The Morgan fingerprint density at radius 2 is 1.87 bits per heavy atom. The molecular weight excluding hydrogens is 385 g/mol. The summed E-state index contributed by atoms with van der Waals surface area (Å²) in [5.74, 6) is -0.770. The van der Waals surface area contributed by atoms with Crippen molar-refractivity contribution >= 4 is 37.2 Å². The van der Waals surface area contributed by atoms with Crippen molar-refractivity contribution in [2.45, 2.75) is 4.90 Å².